The summed E-state index contributed by atoms with van der Waals surface area (Å²) in [6.45, 7) is 5.93. The van der Waals surface area contributed by atoms with Crippen LogP contribution in [0.5, 0.6) is 34.5 Å². The molecular weight excluding hydrogens is 751 g/mol. The number of rotatable bonds is 14. The highest BCUT2D eigenvalue weighted by Crippen LogP contribution is 2.37. The minimum Gasteiger partial charge on any atom is -0.493 e. The average molecular weight is 787 g/mol. The van der Waals surface area contributed by atoms with Crippen LogP contribution in [-0.2, 0) is 20.9 Å². The Balaban J connectivity index is 1.20. The highest BCUT2D eigenvalue weighted by atomic mass is 127. The Morgan fingerprint density at radius 2 is 1.82 bits per heavy atom. The van der Waals surface area contributed by atoms with Gasteiger partial charge in [-0.05, 0) is 96.5 Å². The number of allylic oxidation sites excluding steroid dienone is 1. The van der Waals surface area contributed by atoms with Gasteiger partial charge in [-0.1, -0.05) is 12.1 Å². The first-order valence-corrected chi connectivity index (χ1v) is 16.3. The second-order valence-electron chi connectivity index (χ2n) is 10.5. The predicted octanol–water partition coefficient (Wildman–Crippen LogP) is 4.73. The van der Waals surface area contributed by atoms with E-state index in [0.717, 1.165) is 9.13 Å². The first kappa shape index (κ1) is 35.1. The molecule has 14 nitrogen and oxygen atoms in total. The lowest BCUT2D eigenvalue weighted by Gasteiger charge is -2.28. The van der Waals surface area contributed by atoms with Gasteiger partial charge in [0.2, 0.25) is 6.79 Å². The van der Waals surface area contributed by atoms with Crippen LogP contribution in [0.25, 0.3) is 0 Å². The fourth-order valence-electron chi connectivity index (χ4n) is 5.01. The zero-order valence-corrected chi connectivity index (χ0v) is 29.4. The Bertz CT molecular complexity index is 1790. The van der Waals surface area contributed by atoms with Gasteiger partial charge in [0.05, 0.1) is 41.7 Å². The minimum atomic E-state index is -0.782. The first-order chi connectivity index (χ1) is 23.7. The number of hydrogen-bond donors (Lipinski definition) is 3. The number of amides is 3. The number of benzene rings is 3. The van der Waals surface area contributed by atoms with E-state index in [4.69, 9.17) is 33.2 Å². The summed E-state index contributed by atoms with van der Waals surface area (Å²) in [5.41, 5.74) is 5.25. The maximum Gasteiger partial charge on any atom is 0.338 e. The quantitative estimate of drug-likeness (QED) is 0.0902. The molecule has 3 N–H and O–H groups in total. The van der Waals surface area contributed by atoms with Crippen molar-refractivity contribution in [3.05, 3.63) is 80.1 Å². The molecule has 258 valence electrons. The van der Waals surface area contributed by atoms with E-state index >= 15 is 0 Å². The van der Waals surface area contributed by atoms with Crippen LogP contribution in [0.1, 0.15) is 43.5 Å². The van der Waals surface area contributed by atoms with Crippen molar-refractivity contribution in [2.24, 2.45) is 5.10 Å². The van der Waals surface area contributed by atoms with Gasteiger partial charge in [-0.15, -0.1) is 0 Å². The topological polar surface area (TPSA) is 164 Å². The summed E-state index contributed by atoms with van der Waals surface area (Å²) < 4.78 is 39.9. The molecule has 15 heteroatoms. The number of carbonyl (C=O) groups excluding carboxylic acids is 3. The molecule has 0 fully saturated rings. The van der Waals surface area contributed by atoms with E-state index < -0.39 is 23.9 Å². The average Bonchev–Trinajstić information content (AvgIpc) is 3.55. The lowest BCUT2D eigenvalue weighted by molar-refractivity contribution is -0.139. The number of esters is 1. The number of nitrogens with zero attached hydrogens (tertiary/aromatic N) is 1. The van der Waals surface area contributed by atoms with Crippen LogP contribution in [0.15, 0.2) is 64.9 Å². The van der Waals surface area contributed by atoms with E-state index in [1.54, 1.807) is 38.1 Å². The molecule has 0 bridgehead atoms. The number of halogens is 1. The standard InChI is InChI=1S/C34H35IN4O10/c1-5-44-28-13-21(11-23(35)32(28)47-16-20-7-9-25-27(12-20)49-18-48-25)15-36-39-29(40)17-46-24-10-8-22(14-26(24)43-4)31-30(33(41)45-6-2)19(3)37-34(42)38-31/h7-15,31H,5-6,16-18H2,1-4H3,(H,39,40)(H2,37,38,42)/b36-15-/t31-/m1/s1. The molecule has 3 aromatic rings. The fraction of sp³-hybridized carbons (Fsp3) is 0.294. The van der Waals surface area contributed by atoms with Crippen LogP contribution in [-0.4, -0.2) is 57.8 Å². The molecule has 0 saturated carbocycles. The first-order valence-electron chi connectivity index (χ1n) is 15.3. The van der Waals surface area contributed by atoms with Gasteiger partial charge in [0.1, 0.15) is 6.61 Å². The van der Waals surface area contributed by atoms with Gasteiger partial charge in [0, 0.05) is 5.70 Å². The molecule has 49 heavy (non-hydrogen) atoms. The van der Waals surface area contributed by atoms with Gasteiger partial charge in [0.15, 0.2) is 41.1 Å². The SMILES string of the molecule is CCOC(=O)C1=C(C)NC(=O)N[C@@H]1c1ccc(OCC(=O)N/N=C\c2cc(I)c(OCc3ccc4c(c3)OCO4)c(OCC)c2)c(OC)c1. The highest BCUT2D eigenvalue weighted by Gasteiger charge is 2.32. The number of ether oxygens (including phenoxy) is 7. The van der Waals surface area contributed by atoms with Crippen molar-refractivity contribution >= 4 is 46.7 Å². The third-order valence-corrected chi connectivity index (χ3v) is 8.00. The van der Waals surface area contributed by atoms with E-state index in [9.17, 15) is 14.4 Å². The molecular formula is C34H35IN4O10. The Morgan fingerprint density at radius 3 is 2.59 bits per heavy atom. The Labute approximate surface area is 296 Å². The van der Waals surface area contributed by atoms with Crippen molar-refractivity contribution in [3.63, 3.8) is 0 Å². The van der Waals surface area contributed by atoms with Crippen LogP contribution in [0, 0.1) is 3.57 Å². The van der Waals surface area contributed by atoms with Crippen LogP contribution in [0.3, 0.4) is 0 Å². The predicted molar refractivity (Wildman–Crippen MR) is 185 cm³/mol. The summed E-state index contributed by atoms with van der Waals surface area (Å²) in [4.78, 5) is 37.4. The molecule has 0 spiro atoms. The number of carbonyl (C=O) groups is 3. The number of hydrogen-bond acceptors (Lipinski definition) is 11. The van der Waals surface area contributed by atoms with E-state index in [1.165, 1.54) is 13.3 Å². The molecule has 0 aromatic heterocycles. The molecule has 0 unspecified atom stereocenters. The summed E-state index contributed by atoms with van der Waals surface area (Å²) >= 11 is 2.16. The highest BCUT2D eigenvalue weighted by molar-refractivity contribution is 14.1. The zero-order valence-electron chi connectivity index (χ0n) is 27.2. The number of fused-ring (bicyclic) bond motifs is 1. The van der Waals surface area contributed by atoms with Crippen molar-refractivity contribution in [2.75, 3.05) is 33.7 Å². The van der Waals surface area contributed by atoms with Crippen LogP contribution in [0.2, 0.25) is 0 Å². The number of methoxy groups -OCH3 is 1. The molecule has 3 amide bonds. The van der Waals surface area contributed by atoms with Gasteiger partial charge in [-0.25, -0.2) is 15.0 Å². The molecule has 2 heterocycles. The molecule has 2 aliphatic heterocycles. The summed E-state index contributed by atoms with van der Waals surface area (Å²) in [5, 5.41) is 9.40. The third-order valence-electron chi connectivity index (χ3n) is 7.20. The van der Waals surface area contributed by atoms with E-state index in [1.807, 2.05) is 31.2 Å². The lowest BCUT2D eigenvalue weighted by atomic mass is 9.95. The fourth-order valence-corrected chi connectivity index (χ4v) is 5.79. The second-order valence-corrected chi connectivity index (χ2v) is 11.7. The summed E-state index contributed by atoms with van der Waals surface area (Å²) in [6, 6.07) is 12.9. The second kappa shape index (κ2) is 16.3. The smallest absolute Gasteiger partial charge is 0.338 e. The molecule has 5 rings (SSSR count). The summed E-state index contributed by atoms with van der Waals surface area (Å²) in [7, 11) is 1.44. The molecule has 0 saturated heterocycles. The number of urea groups is 1. The number of nitrogens with one attached hydrogen (secondary N) is 3. The van der Waals surface area contributed by atoms with Crippen LogP contribution < -0.4 is 44.5 Å². The van der Waals surface area contributed by atoms with E-state index in [2.05, 4.69) is 43.8 Å². The number of hydrazone groups is 1. The van der Waals surface area contributed by atoms with Crippen molar-refractivity contribution in [3.8, 4) is 34.5 Å². The van der Waals surface area contributed by atoms with Crippen molar-refractivity contribution in [1.82, 2.24) is 16.1 Å². The van der Waals surface area contributed by atoms with E-state index in [0.29, 0.717) is 58.8 Å². The maximum absolute atomic E-state index is 12.7. The van der Waals surface area contributed by atoms with Crippen molar-refractivity contribution in [1.29, 1.82) is 0 Å². The monoisotopic (exact) mass is 786 g/mol. The Hall–Kier alpha value is -5.19. The molecule has 0 radical (unpaired) electrons. The Morgan fingerprint density at radius 1 is 1.00 bits per heavy atom. The minimum absolute atomic E-state index is 0.178. The van der Waals surface area contributed by atoms with Crippen molar-refractivity contribution in [2.45, 2.75) is 33.4 Å². The molecule has 2 aliphatic rings. The van der Waals surface area contributed by atoms with Crippen LogP contribution >= 0.6 is 22.6 Å². The zero-order chi connectivity index (χ0) is 34.9. The third kappa shape index (κ3) is 8.65. The largest absolute Gasteiger partial charge is 0.493 e. The maximum atomic E-state index is 12.7. The molecule has 1 atom stereocenters. The molecule has 3 aromatic carbocycles. The lowest BCUT2D eigenvalue weighted by Crippen LogP contribution is -2.45. The summed E-state index contributed by atoms with van der Waals surface area (Å²) in [6.07, 6.45) is 1.49. The van der Waals surface area contributed by atoms with Crippen molar-refractivity contribution < 1.29 is 47.5 Å². The van der Waals surface area contributed by atoms with E-state index in [-0.39, 0.29) is 31.3 Å². The van der Waals surface area contributed by atoms with Crippen LogP contribution in [0.4, 0.5) is 4.79 Å². The van der Waals surface area contributed by atoms with Gasteiger partial charge in [0.25, 0.3) is 5.91 Å². The normalized spacial score (nSPS) is 15.0. The summed E-state index contributed by atoms with van der Waals surface area (Å²) in [5.74, 6) is 2.00. The Kier molecular flexibility index (Phi) is 11.7. The van der Waals surface area contributed by atoms with Gasteiger partial charge in [-0.3, -0.25) is 4.79 Å². The van der Waals surface area contributed by atoms with Gasteiger partial charge < -0.3 is 43.8 Å². The van der Waals surface area contributed by atoms with Gasteiger partial charge >= 0.3 is 12.0 Å². The molecule has 0 aliphatic carbocycles. The van der Waals surface area contributed by atoms with Gasteiger partial charge in [-0.2, -0.15) is 5.10 Å².